The van der Waals surface area contributed by atoms with Crippen molar-refractivity contribution in [1.82, 2.24) is 15.2 Å². The summed E-state index contributed by atoms with van der Waals surface area (Å²) in [6.45, 7) is 5.11. The van der Waals surface area contributed by atoms with Crippen molar-refractivity contribution in [3.8, 4) is 0 Å². The van der Waals surface area contributed by atoms with Crippen LogP contribution in [0.25, 0.3) is 0 Å². The van der Waals surface area contributed by atoms with Gasteiger partial charge in [0.25, 0.3) is 0 Å². The van der Waals surface area contributed by atoms with E-state index < -0.39 is 6.10 Å². The zero-order chi connectivity index (χ0) is 16.9. The summed E-state index contributed by atoms with van der Waals surface area (Å²) in [5.74, 6) is -0.0491. The molecular formula is C17H27N3O3S. The molecule has 24 heavy (non-hydrogen) atoms. The molecule has 134 valence electrons. The summed E-state index contributed by atoms with van der Waals surface area (Å²) in [5, 5.41) is 16.8. The number of ether oxygens (including phenoxy) is 1. The smallest absolute Gasteiger partial charge is 0.226 e. The Balaban J connectivity index is 1.59. The fourth-order valence-electron chi connectivity index (χ4n) is 3.70. The van der Waals surface area contributed by atoms with Crippen LogP contribution in [0.2, 0.25) is 0 Å². The Hall–Kier alpha value is -1.02. The first-order valence-corrected chi connectivity index (χ1v) is 9.71. The second-order valence-electron chi connectivity index (χ2n) is 6.70. The maximum atomic E-state index is 12.3. The summed E-state index contributed by atoms with van der Waals surface area (Å²) < 4.78 is 5.42. The maximum Gasteiger partial charge on any atom is 0.226 e. The predicted octanol–water partition coefficient (Wildman–Crippen LogP) is 1.11. The summed E-state index contributed by atoms with van der Waals surface area (Å²) in [7, 11) is 0. The molecular weight excluding hydrogens is 326 g/mol. The molecule has 2 fully saturated rings. The molecule has 1 saturated heterocycles. The molecule has 1 aliphatic carbocycles. The number of hydrogen-bond donors (Lipinski definition) is 2. The number of carbonyl (C=O) groups is 1. The van der Waals surface area contributed by atoms with Crippen molar-refractivity contribution in [2.75, 3.05) is 26.3 Å². The number of aliphatic hydroxyl groups excluding tert-OH is 1. The monoisotopic (exact) mass is 353 g/mol. The predicted molar refractivity (Wildman–Crippen MR) is 93.1 cm³/mol. The first kappa shape index (κ1) is 17.8. The zero-order valence-corrected chi connectivity index (χ0v) is 15.1. The molecule has 3 rings (SSSR count). The van der Waals surface area contributed by atoms with Crippen molar-refractivity contribution in [2.24, 2.45) is 0 Å². The third kappa shape index (κ3) is 4.53. The molecule has 7 heteroatoms. The van der Waals surface area contributed by atoms with E-state index >= 15 is 0 Å². The number of thiazole rings is 1. The van der Waals surface area contributed by atoms with Gasteiger partial charge in [-0.2, -0.15) is 0 Å². The van der Waals surface area contributed by atoms with Gasteiger partial charge in [-0.25, -0.2) is 4.98 Å². The Labute approximate surface area is 147 Å². The highest BCUT2D eigenvalue weighted by Gasteiger charge is 2.35. The largest absolute Gasteiger partial charge is 0.389 e. The molecule has 3 atom stereocenters. The van der Waals surface area contributed by atoms with Gasteiger partial charge in [0.1, 0.15) is 0 Å². The molecule has 1 aromatic heterocycles. The molecule has 1 saturated carbocycles. The normalized spacial score (nSPS) is 29.2. The van der Waals surface area contributed by atoms with E-state index in [0.717, 1.165) is 62.7 Å². The summed E-state index contributed by atoms with van der Waals surface area (Å²) in [6.07, 6.45) is 3.72. The van der Waals surface area contributed by atoms with E-state index in [2.05, 4.69) is 15.2 Å². The number of amides is 1. The van der Waals surface area contributed by atoms with Gasteiger partial charge < -0.3 is 15.2 Å². The van der Waals surface area contributed by atoms with Gasteiger partial charge in [0, 0.05) is 24.5 Å². The van der Waals surface area contributed by atoms with Crippen molar-refractivity contribution < 1.29 is 14.6 Å². The Bertz CT molecular complexity index is 545. The number of aliphatic hydroxyl groups is 1. The van der Waals surface area contributed by atoms with E-state index in [0.29, 0.717) is 0 Å². The van der Waals surface area contributed by atoms with E-state index in [1.807, 2.05) is 12.3 Å². The lowest BCUT2D eigenvalue weighted by atomic mass is 9.99. The van der Waals surface area contributed by atoms with Crippen molar-refractivity contribution in [1.29, 1.82) is 0 Å². The molecule has 2 heterocycles. The van der Waals surface area contributed by atoms with E-state index in [1.54, 1.807) is 11.3 Å². The fourth-order valence-corrected chi connectivity index (χ4v) is 4.32. The lowest BCUT2D eigenvalue weighted by Crippen LogP contribution is -2.55. The molecule has 0 aromatic carbocycles. The molecule has 0 unspecified atom stereocenters. The lowest BCUT2D eigenvalue weighted by molar-refractivity contribution is -0.122. The number of aromatic nitrogens is 1. The van der Waals surface area contributed by atoms with Crippen LogP contribution in [0.3, 0.4) is 0 Å². The van der Waals surface area contributed by atoms with Crippen molar-refractivity contribution in [2.45, 2.75) is 57.2 Å². The van der Waals surface area contributed by atoms with Gasteiger partial charge in [-0.3, -0.25) is 9.69 Å². The average molecular weight is 353 g/mol. The molecule has 6 nitrogen and oxygen atoms in total. The maximum absolute atomic E-state index is 12.3. The molecule has 0 spiro atoms. The first-order valence-electron chi connectivity index (χ1n) is 8.83. The molecule has 1 aliphatic heterocycles. The third-order valence-electron chi connectivity index (χ3n) is 4.94. The van der Waals surface area contributed by atoms with Crippen LogP contribution in [0.1, 0.15) is 36.4 Å². The van der Waals surface area contributed by atoms with E-state index in [-0.39, 0.29) is 24.4 Å². The summed E-state index contributed by atoms with van der Waals surface area (Å²) in [6, 6.07) is -0.0594. The number of nitrogens with one attached hydrogen (secondary N) is 1. The lowest BCUT2D eigenvalue weighted by Gasteiger charge is -2.38. The summed E-state index contributed by atoms with van der Waals surface area (Å²) in [5.41, 5.74) is 0.808. The van der Waals surface area contributed by atoms with Crippen LogP contribution in [0.15, 0.2) is 5.38 Å². The van der Waals surface area contributed by atoms with Gasteiger partial charge in [0.05, 0.1) is 42.5 Å². The van der Waals surface area contributed by atoms with Crippen LogP contribution in [0.4, 0.5) is 0 Å². The van der Waals surface area contributed by atoms with Gasteiger partial charge >= 0.3 is 0 Å². The van der Waals surface area contributed by atoms with E-state index in [1.165, 1.54) is 0 Å². The van der Waals surface area contributed by atoms with Crippen LogP contribution >= 0.6 is 11.3 Å². The second-order valence-corrected chi connectivity index (χ2v) is 7.76. The van der Waals surface area contributed by atoms with Crippen LogP contribution < -0.4 is 5.32 Å². The number of hydrogen-bond acceptors (Lipinski definition) is 6. The van der Waals surface area contributed by atoms with Gasteiger partial charge in [-0.15, -0.1) is 11.3 Å². The van der Waals surface area contributed by atoms with Crippen LogP contribution in [-0.2, 0) is 16.0 Å². The van der Waals surface area contributed by atoms with Gasteiger partial charge in [-0.05, 0) is 19.8 Å². The van der Waals surface area contributed by atoms with Crippen LogP contribution in [0.5, 0.6) is 0 Å². The quantitative estimate of drug-likeness (QED) is 0.794. The second kappa shape index (κ2) is 8.38. The molecule has 2 N–H and O–H groups in total. The first-order chi connectivity index (χ1) is 11.6. The molecule has 0 bridgehead atoms. The topological polar surface area (TPSA) is 74.7 Å². The van der Waals surface area contributed by atoms with E-state index in [9.17, 15) is 9.90 Å². The van der Waals surface area contributed by atoms with Crippen molar-refractivity contribution in [3.63, 3.8) is 0 Å². The summed E-state index contributed by atoms with van der Waals surface area (Å²) in [4.78, 5) is 19.0. The number of carbonyl (C=O) groups excluding carboxylic acids is 1. The number of aryl methyl sites for hydroxylation is 1. The van der Waals surface area contributed by atoms with Gasteiger partial charge in [-0.1, -0.05) is 12.8 Å². The van der Waals surface area contributed by atoms with Gasteiger partial charge in [0.15, 0.2) is 0 Å². The minimum Gasteiger partial charge on any atom is -0.389 e. The minimum atomic E-state index is -0.522. The number of rotatable bonds is 4. The Morgan fingerprint density at radius 1 is 1.42 bits per heavy atom. The molecule has 1 aromatic rings. The Morgan fingerprint density at radius 2 is 2.17 bits per heavy atom. The number of nitrogens with zero attached hydrogens (tertiary/aromatic N) is 2. The minimum absolute atomic E-state index is 0.0491. The highest BCUT2D eigenvalue weighted by Crippen LogP contribution is 2.24. The third-order valence-corrected chi connectivity index (χ3v) is 5.76. The van der Waals surface area contributed by atoms with Crippen LogP contribution in [0, 0.1) is 6.92 Å². The zero-order valence-electron chi connectivity index (χ0n) is 14.2. The average Bonchev–Trinajstić information content (AvgIpc) is 2.89. The Kier molecular flexibility index (Phi) is 6.21. The van der Waals surface area contributed by atoms with Crippen LogP contribution in [-0.4, -0.2) is 65.4 Å². The van der Waals surface area contributed by atoms with Crippen molar-refractivity contribution in [3.05, 3.63) is 16.1 Å². The highest BCUT2D eigenvalue weighted by atomic mass is 32.1. The van der Waals surface area contributed by atoms with E-state index in [4.69, 9.17) is 4.74 Å². The SMILES string of the molecule is Cc1nc(CC(=O)N[C@@H]2CCCC[C@@H](N3CCOCC3)[C@@H]2O)cs1. The molecule has 2 aliphatic rings. The van der Waals surface area contributed by atoms with Crippen molar-refractivity contribution >= 4 is 17.2 Å². The van der Waals surface area contributed by atoms with Gasteiger partial charge in [0.2, 0.25) is 5.91 Å². The summed E-state index contributed by atoms with van der Waals surface area (Å²) >= 11 is 1.56. The molecule has 1 amide bonds. The highest BCUT2D eigenvalue weighted by molar-refractivity contribution is 7.09. The standard InChI is InChI=1S/C17H27N3O3S/c1-12-18-13(11-24-12)10-16(21)19-14-4-2-3-5-15(17(14)22)20-6-8-23-9-7-20/h11,14-15,17,22H,2-10H2,1H3,(H,19,21)/t14-,15-,17-/m1/s1. The fraction of sp³-hybridized carbons (Fsp3) is 0.765. The number of morpholine rings is 1. The Morgan fingerprint density at radius 3 is 2.88 bits per heavy atom. The molecule has 0 radical (unpaired) electrons.